The molecule has 0 spiro atoms. The summed E-state index contributed by atoms with van der Waals surface area (Å²) >= 11 is 0. The van der Waals surface area contributed by atoms with Gasteiger partial charge in [-0.05, 0) is 70.9 Å². The van der Waals surface area contributed by atoms with Gasteiger partial charge in [0.25, 0.3) is 0 Å². The number of hydrogen-bond acceptors (Lipinski definition) is 6. The normalized spacial score (nSPS) is 30.7. The van der Waals surface area contributed by atoms with Crippen molar-refractivity contribution in [2.24, 2.45) is 16.8 Å². The van der Waals surface area contributed by atoms with Crippen molar-refractivity contribution < 1.29 is 19.7 Å². The van der Waals surface area contributed by atoms with E-state index in [4.69, 9.17) is 4.74 Å². The fraction of sp³-hybridized carbons (Fsp3) is 0.692. The van der Waals surface area contributed by atoms with Gasteiger partial charge in [0.2, 0.25) is 11.8 Å². The first-order valence-corrected chi connectivity index (χ1v) is 12.4. The van der Waals surface area contributed by atoms with Crippen LogP contribution in [0.1, 0.15) is 70.4 Å². The Morgan fingerprint density at radius 1 is 1.30 bits per heavy atom. The standard InChI is InChI=1S/C26H39N3O4/c1-15-17(10-7-11-22(15)30)25-28-21(14-33-25)23(31)13-19-18-9-6-5-8-16(18)12-20(27-19)24(32)29-26(2,3)4/h7,10-11,16,18-21,23,27,30-31H,5-6,8-9,12-14H2,1-4H3,(H,29,32)/t16?,18?,19?,20?,21-,23+/m0/s1. The molecule has 0 bridgehead atoms. The molecule has 4 rings (SSSR count). The minimum absolute atomic E-state index is 0.0508. The minimum Gasteiger partial charge on any atom is -0.508 e. The molecule has 2 aliphatic heterocycles. The van der Waals surface area contributed by atoms with Gasteiger partial charge in [-0.15, -0.1) is 0 Å². The third kappa shape index (κ3) is 5.52. The summed E-state index contributed by atoms with van der Waals surface area (Å²) in [4.78, 5) is 17.6. The number of piperidine rings is 1. The lowest BCUT2D eigenvalue weighted by molar-refractivity contribution is -0.127. The van der Waals surface area contributed by atoms with Gasteiger partial charge < -0.3 is 25.6 Å². The van der Waals surface area contributed by atoms with Gasteiger partial charge in [0.15, 0.2) is 0 Å². The zero-order valence-electron chi connectivity index (χ0n) is 20.3. The van der Waals surface area contributed by atoms with E-state index in [1.807, 2.05) is 33.8 Å². The number of aromatic hydroxyl groups is 1. The molecule has 1 amide bonds. The highest BCUT2D eigenvalue weighted by atomic mass is 16.5. The van der Waals surface area contributed by atoms with E-state index in [-0.39, 0.29) is 35.3 Å². The summed E-state index contributed by atoms with van der Waals surface area (Å²) in [7, 11) is 0. The molecule has 33 heavy (non-hydrogen) atoms. The second-order valence-electron chi connectivity index (χ2n) is 11.1. The number of fused-ring (bicyclic) bond motifs is 1. The first-order chi connectivity index (χ1) is 15.6. The number of amides is 1. The molecule has 1 saturated carbocycles. The van der Waals surface area contributed by atoms with Gasteiger partial charge in [-0.3, -0.25) is 4.79 Å². The molecule has 4 N–H and O–H groups in total. The number of nitrogens with one attached hydrogen (secondary N) is 2. The van der Waals surface area contributed by atoms with Gasteiger partial charge in [0.1, 0.15) is 18.4 Å². The third-order valence-electron chi connectivity index (χ3n) is 7.40. The Balaban J connectivity index is 1.46. The number of nitrogens with zero attached hydrogens (tertiary/aromatic N) is 1. The van der Waals surface area contributed by atoms with E-state index in [1.54, 1.807) is 12.1 Å². The van der Waals surface area contributed by atoms with Gasteiger partial charge in [-0.1, -0.05) is 25.3 Å². The van der Waals surface area contributed by atoms with Gasteiger partial charge in [-0.25, -0.2) is 4.99 Å². The van der Waals surface area contributed by atoms with E-state index in [2.05, 4.69) is 15.6 Å². The summed E-state index contributed by atoms with van der Waals surface area (Å²) in [5.74, 6) is 1.72. The van der Waals surface area contributed by atoms with E-state index in [9.17, 15) is 15.0 Å². The van der Waals surface area contributed by atoms with E-state index >= 15 is 0 Å². The van der Waals surface area contributed by atoms with E-state index in [1.165, 1.54) is 12.8 Å². The fourth-order valence-corrected chi connectivity index (χ4v) is 5.70. The van der Waals surface area contributed by atoms with E-state index in [0.29, 0.717) is 30.8 Å². The highest BCUT2D eigenvalue weighted by molar-refractivity contribution is 5.97. The number of benzene rings is 1. The molecule has 1 aromatic carbocycles. The van der Waals surface area contributed by atoms with Crippen LogP contribution in [-0.4, -0.2) is 58.4 Å². The smallest absolute Gasteiger partial charge is 0.237 e. The molecule has 4 unspecified atom stereocenters. The maximum absolute atomic E-state index is 12.9. The Bertz CT molecular complexity index is 894. The van der Waals surface area contributed by atoms with Crippen molar-refractivity contribution in [3.05, 3.63) is 29.3 Å². The Hall–Kier alpha value is -2.12. The Morgan fingerprint density at radius 2 is 2.06 bits per heavy atom. The summed E-state index contributed by atoms with van der Waals surface area (Å²) in [6, 6.07) is 4.78. The van der Waals surface area contributed by atoms with Crippen molar-refractivity contribution in [2.75, 3.05) is 6.61 Å². The molecule has 3 aliphatic rings. The van der Waals surface area contributed by atoms with Crippen LogP contribution >= 0.6 is 0 Å². The van der Waals surface area contributed by atoms with Crippen LogP contribution in [0.25, 0.3) is 0 Å². The zero-order valence-corrected chi connectivity index (χ0v) is 20.3. The van der Waals surface area contributed by atoms with Crippen LogP contribution in [0, 0.1) is 18.8 Å². The molecule has 6 atom stereocenters. The molecular weight excluding hydrogens is 418 g/mol. The highest BCUT2D eigenvalue weighted by Gasteiger charge is 2.43. The Kier molecular flexibility index (Phi) is 7.01. The van der Waals surface area contributed by atoms with Crippen molar-refractivity contribution in [1.29, 1.82) is 0 Å². The number of phenolic OH excluding ortho intramolecular Hbond substituents is 1. The van der Waals surface area contributed by atoms with Crippen LogP contribution in [0.5, 0.6) is 5.75 Å². The Labute approximate surface area is 197 Å². The maximum Gasteiger partial charge on any atom is 0.237 e. The zero-order chi connectivity index (χ0) is 23.8. The lowest BCUT2D eigenvalue weighted by Crippen LogP contribution is -2.60. The number of hydrogen-bond donors (Lipinski definition) is 4. The van der Waals surface area contributed by atoms with Crippen molar-refractivity contribution in [3.63, 3.8) is 0 Å². The average Bonchev–Trinajstić information content (AvgIpc) is 3.24. The minimum atomic E-state index is -0.662. The first-order valence-electron chi connectivity index (χ1n) is 12.4. The molecule has 0 aromatic heterocycles. The lowest BCUT2D eigenvalue weighted by atomic mass is 9.68. The van der Waals surface area contributed by atoms with Crippen LogP contribution in [0.3, 0.4) is 0 Å². The van der Waals surface area contributed by atoms with Crippen LogP contribution in [-0.2, 0) is 9.53 Å². The van der Waals surface area contributed by atoms with Gasteiger partial charge >= 0.3 is 0 Å². The number of carbonyl (C=O) groups excluding carboxylic acids is 1. The van der Waals surface area contributed by atoms with Crippen LogP contribution < -0.4 is 10.6 Å². The number of carbonyl (C=O) groups is 1. The number of phenols is 1. The van der Waals surface area contributed by atoms with Crippen LogP contribution in [0.2, 0.25) is 0 Å². The lowest BCUT2D eigenvalue weighted by Gasteiger charge is -2.46. The monoisotopic (exact) mass is 457 g/mol. The summed E-state index contributed by atoms with van der Waals surface area (Å²) in [5, 5.41) is 27.8. The predicted octanol–water partition coefficient (Wildman–Crippen LogP) is 3.05. The van der Waals surface area contributed by atoms with Crippen molar-refractivity contribution in [2.45, 2.75) is 96.0 Å². The van der Waals surface area contributed by atoms with Gasteiger partial charge in [-0.2, -0.15) is 0 Å². The first kappa shape index (κ1) is 24.0. The fourth-order valence-electron chi connectivity index (χ4n) is 5.70. The van der Waals surface area contributed by atoms with Crippen LogP contribution in [0.15, 0.2) is 23.2 Å². The number of aliphatic hydroxyl groups excluding tert-OH is 1. The largest absolute Gasteiger partial charge is 0.508 e. The topological polar surface area (TPSA) is 103 Å². The van der Waals surface area contributed by atoms with Crippen LogP contribution in [0.4, 0.5) is 0 Å². The predicted molar refractivity (Wildman–Crippen MR) is 128 cm³/mol. The van der Waals surface area contributed by atoms with Crippen molar-refractivity contribution >= 4 is 11.8 Å². The number of aliphatic hydroxyl groups is 1. The number of ether oxygens (including phenoxy) is 1. The molecule has 7 nitrogen and oxygen atoms in total. The summed E-state index contributed by atoms with van der Waals surface area (Å²) in [5.41, 5.74) is 1.21. The maximum atomic E-state index is 12.9. The molecule has 1 aromatic rings. The van der Waals surface area contributed by atoms with E-state index in [0.717, 1.165) is 30.4 Å². The molecule has 0 radical (unpaired) electrons. The second-order valence-corrected chi connectivity index (χ2v) is 11.1. The SMILES string of the molecule is Cc1c(O)cccc1C1=N[C@H]([C@H](O)CC2NC(C(=O)NC(C)(C)C)CC3CCCCC32)CO1. The van der Waals surface area contributed by atoms with Gasteiger partial charge in [0.05, 0.1) is 12.1 Å². The molecular formula is C26H39N3O4. The second kappa shape index (κ2) is 9.63. The summed E-state index contributed by atoms with van der Waals surface area (Å²) in [6.07, 6.45) is 5.47. The third-order valence-corrected chi connectivity index (χ3v) is 7.40. The molecule has 2 fully saturated rings. The van der Waals surface area contributed by atoms with Gasteiger partial charge in [0, 0.05) is 22.7 Å². The molecule has 2 heterocycles. The summed E-state index contributed by atoms with van der Waals surface area (Å²) < 4.78 is 5.81. The quantitative estimate of drug-likeness (QED) is 0.544. The van der Waals surface area contributed by atoms with Crippen molar-refractivity contribution in [1.82, 2.24) is 10.6 Å². The number of aliphatic imine (C=N–C) groups is 1. The summed E-state index contributed by atoms with van der Waals surface area (Å²) in [6.45, 7) is 8.16. The molecule has 7 heteroatoms. The highest BCUT2D eigenvalue weighted by Crippen LogP contribution is 2.40. The molecule has 1 saturated heterocycles. The Morgan fingerprint density at radius 3 is 2.82 bits per heavy atom. The average molecular weight is 458 g/mol. The molecule has 1 aliphatic carbocycles. The molecule has 182 valence electrons. The van der Waals surface area contributed by atoms with Crippen molar-refractivity contribution in [3.8, 4) is 5.75 Å². The number of rotatable bonds is 5. The van der Waals surface area contributed by atoms with E-state index < -0.39 is 6.10 Å².